The topological polar surface area (TPSA) is 97.3 Å². The lowest BCUT2D eigenvalue weighted by Crippen LogP contribution is -2.39. The SMILES string of the molecule is COc1cccc(OC)c1OCC(O)CNC(=O)C1CC(=O)N(c2ccccc2F)C1. The number of carbonyl (C=O) groups excluding carboxylic acids is 2. The summed E-state index contributed by atoms with van der Waals surface area (Å²) < 4.78 is 30.1. The number of hydrogen-bond donors (Lipinski definition) is 2. The van der Waals surface area contributed by atoms with E-state index in [2.05, 4.69) is 5.32 Å². The lowest BCUT2D eigenvalue weighted by molar-refractivity contribution is -0.126. The van der Waals surface area contributed by atoms with Crippen LogP contribution in [0, 0.1) is 11.7 Å². The predicted molar refractivity (Wildman–Crippen MR) is 111 cm³/mol. The molecule has 8 nitrogen and oxygen atoms in total. The van der Waals surface area contributed by atoms with Crippen LogP contribution < -0.4 is 24.4 Å². The highest BCUT2D eigenvalue weighted by Crippen LogP contribution is 2.36. The van der Waals surface area contributed by atoms with Gasteiger partial charge in [-0.3, -0.25) is 9.59 Å². The largest absolute Gasteiger partial charge is 0.493 e. The van der Waals surface area contributed by atoms with Crippen molar-refractivity contribution in [3.63, 3.8) is 0 Å². The molecule has 1 aliphatic rings. The van der Waals surface area contributed by atoms with Crippen LogP contribution in [0.5, 0.6) is 17.2 Å². The maximum atomic E-state index is 14.0. The summed E-state index contributed by atoms with van der Waals surface area (Å²) in [6, 6.07) is 11.1. The summed E-state index contributed by atoms with van der Waals surface area (Å²) in [4.78, 5) is 26.0. The van der Waals surface area contributed by atoms with E-state index in [0.29, 0.717) is 17.2 Å². The van der Waals surface area contributed by atoms with Gasteiger partial charge in [0.05, 0.1) is 25.8 Å². The number of benzene rings is 2. The van der Waals surface area contributed by atoms with Crippen molar-refractivity contribution in [1.29, 1.82) is 0 Å². The van der Waals surface area contributed by atoms with Crippen molar-refractivity contribution >= 4 is 17.5 Å². The van der Waals surface area contributed by atoms with Gasteiger partial charge in [0.15, 0.2) is 11.5 Å². The molecule has 9 heteroatoms. The van der Waals surface area contributed by atoms with Crippen LogP contribution in [0.15, 0.2) is 42.5 Å². The number of aliphatic hydroxyl groups excluding tert-OH is 1. The Morgan fingerprint density at radius 1 is 1.19 bits per heavy atom. The quantitative estimate of drug-likeness (QED) is 0.627. The zero-order valence-electron chi connectivity index (χ0n) is 17.3. The summed E-state index contributed by atoms with van der Waals surface area (Å²) in [7, 11) is 2.98. The second kappa shape index (κ2) is 10.1. The summed E-state index contributed by atoms with van der Waals surface area (Å²) >= 11 is 0. The van der Waals surface area contributed by atoms with Gasteiger partial charge in [-0.05, 0) is 24.3 Å². The fraction of sp³-hybridized carbons (Fsp3) is 0.364. The molecule has 1 aliphatic heterocycles. The van der Waals surface area contributed by atoms with Crippen LogP contribution in [0.2, 0.25) is 0 Å². The third-order valence-electron chi connectivity index (χ3n) is 4.95. The Labute approximate surface area is 179 Å². The number of hydrogen-bond acceptors (Lipinski definition) is 6. The summed E-state index contributed by atoms with van der Waals surface area (Å²) in [5.41, 5.74) is 0.155. The average molecular weight is 432 g/mol. The number of ether oxygens (including phenoxy) is 3. The van der Waals surface area contributed by atoms with E-state index in [4.69, 9.17) is 14.2 Å². The van der Waals surface area contributed by atoms with Gasteiger partial charge in [0.1, 0.15) is 18.5 Å². The van der Waals surface area contributed by atoms with Crippen LogP contribution in [-0.4, -0.2) is 56.9 Å². The molecule has 0 saturated carbocycles. The number of nitrogens with one attached hydrogen (secondary N) is 1. The van der Waals surface area contributed by atoms with Crippen LogP contribution in [0.3, 0.4) is 0 Å². The van der Waals surface area contributed by atoms with E-state index in [0.717, 1.165) is 0 Å². The molecule has 2 aromatic rings. The maximum Gasteiger partial charge on any atom is 0.227 e. The number of amides is 2. The van der Waals surface area contributed by atoms with Crippen molar-refractivity contribution in [2.45, 2.75) is 12.5 Å². The Bertz CT molecular complexity index is 916. The molecule has 2 atom stereocenters. The Morgan fingerprint density at radius 3 is 2.52 bits per heavy atom. The first-order valence-corrected chi connectivity index (χ1v) is 9.79. The Balaban J connectivity index is 1.51. The van der Waals surface area contributed by atoms with Gasteiger partial charge in [0.2, 0.25) is 17.6 Å². The van der Waals surface area contributed by atoms with Crippen molar-refractivity contribution in [1.82, 2.24) is 5.32 Å². The highest BCUT2D eigenvalue weighted by atomic mass is 19.1. The highest BCUT2D eigenvalue weighted by Gasteiger charge is 2.36. The molecule has 31 heavy (non-hydrogen) atoms. The molecule has 2 N–H and O–H groups in total. The summed E-state index contributed by atoms with van der Waals surface area (Å²) in [6.07, 6.45) is -1.02. The minimum absolute atomic E-state index is 0.0226. The Hall–Kier alpha value is -3.33. The van der Waals surface area contributed by atoms with Gasteiger partial charge in [-0.15, -0.1) is 0 Å². The minimum Gasteiger partial charge on any atom is -0.493 e. The van der Waals surface area contributed by atoms with Gasteiger partial charge in [-0.1, -0.05) is 18.2 Å². The number of methoxy groups -OCH3 is 2. The second-order valence-corrected chi connectivity index (χ2v) is 7.06. The number of anilines is 1. The first-order chi connectivity index (χ1) is 14.9. The fourth-order valence-electron chi connectivity index (χ4n) is 3.35. The molecule has 1 fully saturated rings. The van der Waals surface area contributed by atoms with E-state index < -0.39 is 17.8 Å². The lowest BCUT2D eigenvalue weighted by atomic mass is 10.1. The van der Waals surface area contributed by atoms with Crippen molar-refractivity contribution < 1.29 is 33.3 Å². The first kappa shape index (κ1) is 22.4. The number of nitrogens with zero attached hydrogens (tertiary/aromatic N) is 1. The van der Waals surface area contributed by atoms with Gasteiger partial charge in [0, 0.05) is 19.5 Å². The zero-order valence-corrected chi connectivity index (χ0v) is 17.3. The molecular weight excluding hydrogens is 407 g/mol. The number of aliphatic hydroxyl groups is 1. The monoisotopic (exact) mass is 432 g/mol. The number of halogens is 1. The maximum absolute atomic E-state index is 14.0. The van der Waals surface area contributed by atoms with Crippen molar-refractivity contribution in [3.05, 3.63) is 48.3 Å². The van der Waals surface area contributed by atoms with E-state index in [1.807, 2.05) is 0 Å². The summed E-state index contributed by atoms with van der Waals surface area (Å²) in [5.74, 6) is -0.606. The van der Waals surface area contributed by atoms with Gasteiger partial charge in [-0.2, -0.15) is 0 Å². The van der Waals surface area contributed by atoms with Crippen molar-refractivity contribution in [2.75, 3.05) is 38.8 Å². The molecule has 166 valence electrons. The molecule has 3 rings (SSSR count). The van der Waals surface area contributed by atoms with Gasteiger partial charge in [0.25, 0.3) is 0 Å². The van der Waals surface area contributed by atoms with E-state index in [9.17, 15) is 19.1 Å². The highest BCUT2D eigenvalue weighted by molar-refractivity contribution is 6.00. The van der Waals surface area contributed by atoms with Crippen molar-refractivity contribution in [2.24, 2.45) is 5.92 Å². The Kier molecular flexibility index (Phi) is 7.30. The van der Waals surface area contributed by atoms with Gasteiger partial charge < -0.3 is 29.5 Å². The smallest absolute Gasteiger partial charge is 0.227 e. The molecule has 1 saturated heterocycles. The van der Waals surface area contributed by atoms with E-state index in [1.165, 1.54) is 37.3 Å². The Morgan fingerprint density at radius 2 is 1.87 bits per heavy atom. The molecule has 2 unspecified atom stereocenters. The molecule has 2 amide bonds. The molecule has 0 aromatic heterocycles. The molecule has 0 aliphatic carbocycles. The van der Waals surface area contributed by atoms with Crippen LogP contribution >= 0.6 is 0 Å². The fourth-order valence-corrected chi connectivity index (χ4v) is 3.35. The summed E-state index contributed by atoms with van der Waals surface area (Å²) in [5, 5.41) is 12.8. The van der Waals surface area contributed by atoms with E-state index in [1.54, 1.807) is 24.3 Å². The number of rotatable bonds is 9. The molecule has 0 radical (unpaired) electrons. The zero-order chi connectivity index (χ0) is 22.4. The second-order valence-electron chi connectivity index (χ2n) is 7.06. The van der Waals surface area contributed by atoms with Gasteiger partial charge >= 0.3 is 0 Å². The molecular formula is C22H25FN2O6. The number of carbonyl (C=O) groups is 2. The third kappa shape index (κ3) is 5.24. The summed E-state index contributed by atoms with van der Waals surface area (Å²) in [6.45, 7) is -0.0980. The third-order valence-corrected chi connectivity index (χ3v) is 4.95. The van der Waals surface area contributed by atoms with E-state index >= 15 is 0 Å². The van der Waals surface area contributed by atoms with Crippen LogP contribution in [0.4, 0.5) is 10.1 Å². The minimum atomic E-state index is -1.00. The molecule has 1 heterocycles. The first-order valence-electron chi connectivity index (χ1n) is 9.79. The molecule has 0 spiro atoms. The normalized spacial score (nSPS) is 16.7. The van der Waals surface area contributed by atoms with Crippen LogP contribution in [-0.2, 0) is 9.59 Å². The standard InChI is InChI=1S/C22H25FN2O6/c1-29-18-8-5-9-19(30-2)21(18)31-13-15(26)11-24-22(28)14-10-20(27)25(12-14)17-7-4-3-6-16(17)23/h3-9,14-15,26H,10-13H2,1-2H3,(H,24,28). The van der Waals surface area contributed by atoms with Crippen molar-refractivity contribution in [3.8, 4) is 17.2 Å². The van der Waals surface area contributed by atoms with E-state index in [-0.39, 0.29) is 43.6 Å². The molecule has 2 aromatic carbocycles. The predicted octanol–water partition coefficient (Wildman–Crippen LogP) is 1.75. The van der Waals surface area contributed by atoms with Gasteiger partial charge in [-0.25, -0.2) is 4.39 Å². The van der Waals surface area contributed by atoms with Crippen LogP contribution in [0.25, 0.3) is 0 Å². The molecule has 0 bridgehead atoms. The van der Waals surface area contributed by atoms with Crippen LogP contribution in [0.1, 0.15) is 6.42 Å². The average Bonchev–Trinajstić information content (AvgIpc) is 3.17. The lowest BCUT2D eigenvalue weighted by Gasteiger charge is -2.18. The number of para-hydroxylation sites is 2.